The van der Waals surface area contributed by atoms with Crippen molar-refractivity contribution in [1.82, 2.24) is 30.5 Å². The summed E-state index contributed by atoms with van der Waals surface area (Å²) in [7, 11) is 0. The van der Waals surface area contributed by atoms with E-state index in [1.807, 2.05) is 0 Å². The molecule has 0 saturated carbocycles. The number of amides is 1. The lowest BCUT2D eigenvalue weighted by molar-refractivity contribution is -0.121. The molecule has 2 rings (SSSR count). The highest BCUT2D eigenvalue weighted by molar-refractivity contribution is 5.84. The van der Waals surface area contributed by atoms with E-state index in [0.29, 0.717) is 24.7 Å². The number of carboxylic acids is 1. The first kappa shape index (κ1) is 13.6. The van der Waals surface area contributed by atoms with Crippen LogP contribution in [0.2, 0.25) is 0 Å². The highest BCUT2D eigenvalue weighted by Gasteiger charge is 2.10. The van der Waals surface area contributed by atoms with Crippen LogP contribution in [0.1, 0.15) is 22.2 Å². The molecule has 10 nitrogen and oxygen atoms in total. The maximum absolute atomic E-state index is 11.6. The van der Waals surface area contributed by atoms with Gasteiger partial charge in [0.2, 0.25) is 11.8 Å². The summed E-state index contributed by atoms with van der Waals surface area (Å²) < 4.78 is 6.04. The number of carboxylic acid groups (broad SMARTS) is 1. The van der Waals surface area contributed by atoms with Crippen molar-refractivity contribution in [3.63, 3.8) is 0 Å². The molecule has 0 aliphatic rings. The van der Waals surface area contributed by atoms with Gasteiger partial charge in [-0.1, -0.05) is 10.4 Å². The third kappa shape index (κ3) is 3.60. The number of carbonyl (C=O) groups is 2. The van der Waals surface area contributed by atoms with Crippen molar-refractivity contribution in [1.29, 1.82) is 0 Å². The van der Waals surface area contributed by atoms with Crippen LogP contribution >= 0.6 is 0 Å². The number of aromatic carboxylic acids is 1. The lowest BCUT2D eigenvalue weighted by atomic mass is 10.4. The largest absolute Gasteiger partial charge is 0.476 e. The van der Waals surface area contributed by atoms with Gasteiger partial charge in [-0.25, -0.2) is 9.48 Å². The number of aromatic nitrogens is 5. The van der Waals surface area contributed by atoms with Gasteiger partial charge in [-0.3, -0.25) is 4.79 Å². The van der Waals surface area contributed by atoms with E-state index in [9.17, 15) is 9.59 Å². The molecule has 0 unspecified atom stereocenters. The molecule has 0 bridgehead atoms. The van der Waals surface area contributed by atoms with Crippen molar-refractivity contribution >= 4 is 11.9 Å². The zero-order chi connectivity index (χ0) is 14.5. The summed E-state index contributed by atoms with van der Waals surface area (Å²) in [6.45, 7) is 1.93. The van der Waals surface area contributed by atoms with E-state index < -0.39 is 5.97 Å². The molecule has 0 fully saturated rings. The molecule has 2 aromatic heterocycles. The minimum absolute atomic E-state index is 0.108. The summed E-state index contributed by atoms with van der Waals surface area (Å²) in [5, 5.41) is 21.8. The molecular weight excluding hydrogens is 268 g/mol. The van der Waals surface area contributed by atoms with Gasteiger partial charge in [0.05, 0.1) is 6.20 Å². The van der Waals surface area contributed by atoms with Crippen molar-refractivity contribution in [2.24, 2.45) is 0 Å². The standard InChI is InChI=1S/C10H12N6O4/c1-6-12-9(20-14-6)2-3-11-8(17)5-16-4-7(10(18)19)13-15-16/h4H,2-3,5H2,1H3,(H,11,17)(H,18,19). The Labute approximate surface area is 112 Å². The summed E-state index contributed by atoms with van der Waals surface area (Å²) in [5.74, 6) is -0.529. The quantitative estimate of drug-likeness (QED) is 0.689. The monoisotopic (exact) mass is 280 g/mol. The first-order valence-corrected chi connectivity index (χ1v) is 5.74. The minimum atomic E-state index is -1.19. The van der Waals surface area contributed by atoms with E-state index in [-0.39, 0.29) is 18.1 Å². The summed E-state index contributed by atoms with van der Waals surface area (Å²) in [4.78, 5) is 26.2. The SMILES string of the molecule is Cc1noc(CCNC(=O)Cn2cc(C(=O)O)nn2)n1. The van der Waals surface area contributed by atoms with Crippen LogP contribution in [0.5, 0.6) is 0 Å². The van der Waals surface area contributed by atoms with Crippen LogP contribution in [-0.2, 0) is 17.8 Å². The normalized spacial score (nSPS) is 10.4. The second-order valence-corrected chi connectivity index (χ2v) is 3.94. The zero-order valence-electron chi connectivity index (χ0n) is 10.6. The highest BCUT2D eigenvalue weighted by atomic mass is 16.5. The fourth-order valence-electron chi connectivity index (χ4n) is 1.43. The maximum Gasteiger partial charge on any atom is 0.358 e. The number of carbonyl (C=O) groups excluding carboxylic acids is 1. The average molecular weight is 280 g/mol. The van der Waals surface area contributed by atoms with Crippen LogP contribution in [0, 0.1) is 6.92 Å². The van der Waals surface area contributed by atoms with Crippen molar-refractivity contribution in [2.75, 3.05) is 6.54 Å². The number of hydrogen-bond donors (Lipinski definition) is 2. The highest BCUT2D eigenvalue weighted by Crippen LogP contribution is 1.96. The van der Waals surface area contributed by atoms with Gasteiger partial charge in [0.1, 0.15) is 6.54 Å². The van der Waals surface area contributed by atoms with Crippen molar-refractivity contribution in [2.45, 2.75) is 19.9 Å². The first-order chi connectivity index (χ1) is 9.54. The summed E-state index contributed by atoms with van der Waals surface area (Å²) in [5.41, 5.74) is -0.209. The molecule has 0 radical (unpaired) electrons. The molecule has 2 N–H and O–H groups in total. The van der Waals surface area contributed by atoms with E-state index in [2.05, 4.69) is 25.8 Å². The average Bonchev–Trinajstić information content (AvgIpc) is 2.99. The third-order valence-corrected chi connectivity index (χ3v) is 2.29. The van der Waals surface area contributed by atoms with Crippen molar-refractivity contribution in [3.05, 3.63) is 23.6 Å². The van der Waals surface area contributed by atoms with Gasteiger partial charge in [0.15, 0.2) is 11.5 Å². The van der Waals surface area contributed by atoms with E-state index in [4.69, 9.17) is 9.63 Å². The first-order valence-electron chi connectivity index (χ1n) is 5.74. The summed E-state index contributed by atoms with van der Waals surface area (Å²) in [6, 6.07) is 0. The van der Waals surface area contributed by atoms with E-state index in [0.717, 1.165) is 4.68 Å². The minimum Gasteiger partial charge on any atom is -0.476 e. The molecule has 0 aliphatic heterocycles. The van der Waals surface area contributed by atoms with Gasteiger partial charge < -0.3 is 14.9 Å². The van der Waals surface area contributed by atoms with Gasteiger partial charge in [0, 0.05) is 13.0 Å². The van der Waals surface area contributed by atoms with Crippen LogP contribution in [0.4, 0.5) is 0 Å². The Morgan fingerprint density at radius 1 is 1.50 bits per heavy atom. The maximum atomic E-state index is 11.6. The molecule has 106 valence electrons. The van der Waals surface area contributed by atoms with Gasteiger partial charge in [-0.2, -0.15) is 4.98 Å². The molecule has 0 saturated heterocycles. The Bertz CT molecular complexity index is 619. The Hall–Kier alpha value is -2.78. The molecule has 0 aromatic carbocycles. The van der Waals surface area contributed by atoms with Crippen molar-refractivity contribution < 1.29 is 19.2 Å². The van der Waals surface area contributed by atoms with Gasteiger partial charge in [0.25, 0.3) is 0 Å². The van der Waals surface area contributed by atoms with Gasteiger partial charge in [-0.15, -0.1) is 5.10 Å². The van der Waals surface area contributed by atoms with Crippen LogP contribution in [0.15, 0.2) is 10.7 Å². The third-order valence-electron chi connectivity index (χ3n) is 2.29. The number of nitrogens with one attached hydrogen (secondary N) is 1. The number of rotatable bonds is 6. The molecular formula is C10H12N6O4. The molecule has 2 aromatic rings. The Morgan fingerprint density at radius 3 is 2.90 bits per heavy atom. The Kier molecular flexibility index (Phi) is 4.03. The second kappa shape index (κ2) is 5.91. The second-order valence-electron chi connectivity index (χ2n) is 3.94. The van der Waals surface area contributed by atoms with Gasteiger partial charge >= 0.3 is 5.97 Å². The van der Waals surface area contributed by atoms with Crippen LogP contribution < -0.4 is 5.32 Å². The van der Waals surface area contributed by atoms with Crippen LogP contribution in [0.3, 0.4) is 0 Å². The lowest BCUT2D eigenvalue weighted by Crippen LogP contribution is -2.29. The predicted octanol–water partition coefficient (Wildman–Crippen LogP) is -0.973. The fourth-order valence-corrected chi connectivity index (χ4v) is 1.43. The number of nitrogens with zero attached hydrogens (tertiary/aromatic N) is 5. The smallest absolute Gasteiger partial charge is 0.358 e. The molecule has 20 heavy (non-hydrogen) atoms. The fraction of sp³-hybridized carbons (Fsp3) is 0.400. The summed E-state index contributed by atoms with van der Waals surface area (Å²) in [6.07, 6.45) is 1.60. The zero-order valence-corrected chi connectivity index (χ0v) is 10.6. The molecule has 0 aliphatic carbocycles. The molecule has 1 amide bonds. The topological polar surface area (TPSA) is 136 Å². The number of aryl methyl sites for hydroxylation is 1. The van der Waals surface area contributed by atoms with Crippen LogP contribution in [-0.4, -0.2) is 48.7 Å². The molecule has 2 heterocycles. The number of hydrogen-bond acceptors (Lipinski definition) is 7. The predicted molar refractivity (Wildman–Crippen MR) is 62.7 cm³/mol. The summed E-state index contributed by atoms with van der Waals surface area (Å²) >= 11 is 0. The molecule has 0 atom stereocenters. The van der Waals surface area contributed by atoms with Crippen molar-refractivity contribution in [3.8, 4) is 0 Å². The van der Waals surface area contributed by atoms with Crippen LogP contribution in [0.25, 0.3) is 0 Å². The molecule has 0 spiro atoms. The molecule has 10 heteroatoms. The van der Waals surface area contributed by atoms with Gasteiger partial charge in [-0.05, 0) is 6.92 Å². The van der Waals surface area contributed by atoms with E-state index in [1.54, 1.807) is 6.92 Å². The Morgan fingerprint density at radius 2 is 2.30 bits per heavy atom. The Balaban J connectivity index is 1.76. The lowest BCUT2D eigenvalue weighted by Gasteiger charge is -2.02. The van der Waals surface area contributed by atoms with E-state index >= 15 is 0 Å². The van der Waals surface area contributed by atoms with E-state index in [1.165, 1.54) is 6.20 Å².